The molecule has 0 aliphatic heterocycles. The highest BCUT2D eigenvalue weighted by Crippen LogP contribution is 2.16. The number of para-hydroxylation sites is 1. The minimum atomic E-state index is -1.20. The van der Waals surface area contributed by atoms with Crippen molar-refractivity contribution in [1.29, 1.82) is 0 Å². The monoisotopic (exact) mass is 232 g/mol. The molecule has 2 aromatic rings. The smallest absolute Gasteiger partial charge is 0.372 e. The van der Waals surface area contributed by atoms with Gasteiger partial charge in [0.05, 0.1) is 10.9 Å². The van der Waals surface area contributed by atoms with E-state index in [1.807, 2.05) is 6.92 Å². The average Bonchev–Trinajstić information content (AvgIpc) is 2.32. The molecule has 1 aromatic carbocycles. The van der Waals surface area contributed by atoms with Gasteiger partial charge in [0.1, 0.15) is 5.58 Å². The van der Waals surface area contributed by atoms with Gasteiger partial charge >= 0.3 is 5.97 Å². The quantitative estimate of drug-likeness (QED) is 0.882. The first-order chi connectivity index (χ1) is 8.15. The summed E-state index contributed by atoms with van der Waals surface area (Å²) in [5, 5.41) is 9.47. The number of hydrogen-bond acceptors (Lipinski definition) is 3. The Morgan fingerprint density at radius 1 is 1.35 bits per heavy atom. The zero-order chi connectivity index (χ0) is 12.4. The van der Waals surface area contributed by atoms with Crippen molar-refractivity contribution in [2.24, 2.45) is 0 Å². The lowest BCUT2D eigenvalue weighted by molar-refractivity contribution is 0.0661. The second kappa shape index (κ2) is 4.41. The van der Waals surface area contributed by atoms with Crippen LogP contribution in [0.2, 0.25) is 0 Å². The van der Waals surface area contributed by atoms with E-state index in [2.05, 4.69) is 0 Å². The molecule has 0 aliphatic rings. The molecule has 0 atom stereocenters. The molecule has 0 radical (unpaired) electrons. The second-order valence-electron chi connectivity index (χ2n) is 3.79. The van der Waals surface area contributed by atoms with E-state index in [0.29, 0.717) is 23.8 Å². The number of carbonyl (C=O) groups is 1. The van der Waals surface area contributed by atoms with Crippen LogP contribution in [0.15, 0.2) is 33.5 Å². The van der Waals surface area contributed by atoms with Crippen LogP contribution in [0.25, 0.3) is 11.0 Å². The van der Waals surface area contributed by atoms with Gasteiger partial charge in [-0.05, 0) is 18.6 Å². The Hall–Kier alpha value is -2.10. The second-order valence-corrected chi connectivity index (χ2v) is 3.79. The van der Waals surface area contributed by atoms with Gasteiger partial charge in [0, 0.05) is 0 Å². The highest BCUT2D eigenvalue weighted by molar-refractivity contribution is 5.89. The number of carboxylic acids is 1. The van der Waals surface area contributed by atoms with Gasteiger partial charge in [-0.2, -0.15) is 0 Å². The molecular formula is C13H12O4. The molecular weight excluding hydrogens is 220 g/mol. The van der Waals surface area contributed by atoms with Crippen molar-refractivity contribution in [3.8, 4) is 0 Å². The van der Waals surface area contributed by atoms with Crippen LogP contribution in [-0.4, -0.2) is 11.1 Å². The van der Waals surface area contributed by atoms with E-state index in [0.717, 1.165) is 0 Å². The van der Waals surface area contributed by atoms with Crippen molar-refractivity contribution in [1.82, 2.24) is 0 Å². The Bertz CT molecular complexity index is 625. The molecule has 0 bridgehead atoms. The molecule has 0 spiro atoms. The van der Waals surface area contributed by atoms with Crippen LogP contribution in [-0.2, 0) is 6.42 Å². The number of rotatable bonds is 3. The van der Waals surface area contributed by atoms with Crippen LogP contribution in [0.4, 0.5) is 0 Å². The maximum absolute atomic E-state index is 12.1. The number of carboxylic acid groups (broad SMARTS) is 1. The third kappa shape index (κ3) is 1.93. The van der Waals surface area contributed by atoms with Gasteiger partial charge in [0.2, 0.25) is 5.76 Å². The number of hydrogen-bond donors (Lipinski definition) is 1. The van der Waals surface area contributed by atoms with Crippen LogP contribution in [0.3, 0.4) is 0 Å². The van der Waals surface area contributed by atoms with Crippen LogP contribution in [0.5, 0.6) is 0 Å². The molecule has 1 heterocycles. The summed E-state index contributed by atoms with van der Waals surface area (Å²) < 4.78 is 5.29. The van der Waals surface area contributed by atoms with E-state index in [1.165, 1.54) is 0 Å². The maximum atomic E-state index is 12.1. The molecule has 0 amide bonds. The average molecular weight is 232 g/mol. The highest BCUT2D eigenvalue weighted by Gasteiger charge is 2.18. The summed E-state index contributed by atoms with van der Waals surface area (Å²) in [6.07, 6.45) is 1.11. The summed E-state index contributed by atoms with van der Waals surface area (Å²) in [5.74, 6) is -1.44. The third-order valence-corrected chi connectivity index (χ3v) is 2.59. The van der Waals surface area contributed by atoms with Crippen molar-refractivity contribution in [3.05, 3.63) is 45.8 Å². The molecule has 4 nitrogen and oxygen atoms in total. The number of fused-ring (bicyclic) bond motifs is 1. The fourth-order valence-electron chi connectivity index (χ4n) is 1.83. The highest BCUT2D eigenvalue weighted by atomic mass is 16.4. The fourth-order valence-corrected chi connectivity index (χ4v) is 1.83. The topological polar surface area (TPSA) is 67.5 Å². The zero-order valence-corrected chi connectivity index (χ0v) is 9.40. The van der Waals surface area contributed by atoms with Crippen LogP contribution in [0, 0.1) is 0 Å². The van der Waals surface area contributed by atoms with E-state index >= 15 is 0 Å². The number of benzene rings is 1. The third-order valence-electron chi connectivity index (χ3n) is 2.59. The lowest BCUT2D eigenvalue weighted by atomic mass is 10.1. The largest absolute Gasteiger partial charge is 0.475 e. The predicted molar refractivity (Wildman–Crippen MR) is 63.4 cm³/mol. The normalized spacial score (nSPS) is 10.6. The number of aromatic carboxylic acids is 1. The summed E-state index contributed by atoms with van der Waals surface area (Å²) in [6, 6.07) is 6.68. The van der Waals surface area contributed by atoms with Gasteiger partial charge in [0.15, 0.2) is 5.43 Å². The summed E-state index contributed by atoms with van der Waals surface area (Å²) in [6.45, 7) is 1.89. The van der Waals surface area contributed by atoms with E-state index < -0.39 is 5.97 Å². The standard InChI is InChI=1S/C13H12O4/c1-2-5-9-11(14)8-6-3-4-7-10(8)17-12(9)13(15)16/h3-4,6-7H,2,5H2,1H3,(H,15,16). The summed E-state index contributed by atoms with van der Waals surface area (Å²) in [4.78, 5) is 23.2. The molecule has 17 heavy (non-hydrogen) atoms. The van der Waals surface area contributed by atoms with E-state index in [1.54, 1.807) is 24.3 Å². The van der Waals surface area contributed by atoms with Crippen LogP contribution < -0.4 is 5.43 Å². The SMILES string of the molecule is CCCc1c(C(=O)O)oc2ccccc2c1=O. The summed E-state index contributed by atoms with van der Waals surface area (Å²) >= 11 is 0. The van der Waals surface area contributed by atoms with Crippen LogP contribution in [0.1, 0.15) is 29.5 Å². The van der Waals surface area contributed by atoms with Gasteiger partial charge < -0.3 is 9.52 Å². The molecule has 0 fully saturated rings. The molecule has 0 saturated carbocycles. The summed E-state index contributed by atoms with van der Waals surface area (Å²) in [7, 11) is 0. The van der Waals surface area contributed by atoms with Gasteiger partial charge in [-0.1, -0.05) is 25.5 Å². The Labute approximate surface area is 97.5 Å². The lowest BCUT2D eigenvalue weighted by Gasteiger charge is -2.05. The van der Waals surface area contributed by atoms with Gasteiger partial charge in [-0.25, -0.2) is 4.79 Å². The van der Waals surface area contributed by atoms with Gasteiger partial charge in [-0.15, -0.1) is 0 Å². The molecule has 1 N–H and O–H groups in total. The molecule has 0 saturated heterocycles. The first-order valence-electron chi connectivity index (χ1n) is 5.43. The minimum Gasteiger partial charge on any atom is -0.475 e. The predicted octanol–water partition coefficient (Wildman–Crippen LogP) is 2.44. The van der Waals surface area contributed by atoms with Crippen molar-refractivity contribution >= 4 is 16.9 Å². The Morgan fingerprint density at radius 3 is 2.71 bits per heavy atom. The fraction of sp³-hybridized carbons (Fsp3) is 0.231. The Kier molecular flexibility index (Phi) is 2.95. The maximum Gasteiger partial charge on any atom is 0.372 e. The lowest BCUT2D eigenvalue weighted by Crippen LogP contribution is -2.15. The van der Waals surface area contributed by atoms with Crippen molar-refractivity contribution in [2.45, 2.75) is 19.8 Å². The Balaban J connectivity index is 2.84. The van der Waals surface area contributed by atoms with Gasteiger partial charge in [0.25, 0.3) is 0 Å². The van der Waals surface area contributed by atoms with E-state index in [9.17, 15) is 9.59 Å². The Morgan fingerprint density at radius 2 is 2.06 bits per heavy atom. The molecule has 4 heteroatoms. The molecule has 0 unspecified atom stereocenters. The zero-order valence-electron chi connectivity index (χ0n) is 9.40. The van der Waals surface area contributed by atoms with Gasteiger partial charge in [-0.3, -0.25) is 4.79 Å². The van der Waals surface area contributed by atoms with E-state index in [4.69, 9.17) is 9.52 Å². The molecule has 0 aliphatic carbocycles. The summed E-state index contributed by atoms with van der Waals surface area (Å²) in [5.41, 5.74) is 0.319. The van der Waals surface area contributed by atoms with E-state index in [-0.39, 0.29) is 16.8 Å². The van der Waals surface area contributed by atoms with Crippen molar-refractivity contribution in [2.75, 3.05) is 0 Å². The molecule has 2 rings (SSSR count). The first kappa shape index (κ1) is 11.4. The van der Waals surface area contributed by atoms with Crippen LogP contribution >= 0.6 is 0 Å². The van der Waals surface area contributed by atoms with Crippen molar-refractivity contribution < 1.29 is 14.3 Å². The minimum absolute atomic E-state index is 0.240. The molecule has 1 aromatic heterocycles. The first-order valence-corrected chi connectivity index (χ1v) is 5.43. The molecule has 88 valence electrons. The van der Waals surface area contributed by atoms with Crippen molar-refractivity contribution in [3.63, 3.8) is 0 Å².